The van der Waals surface area contributed by atoms with Gasteiger partial charge in [0.25, 0.3) is 0 Å². The molecule has 0 atom stereocenters. The van der Waals surface area contributed by atoms with Crippen LogP contribution in [0.5, 0.6) is 0 Å². The Morgan fingerprint density at radius 3 is 0.603 bits per heavy atom. The lowest BCUT2D eigenvalue weighted by Gasteiger charge is -2.14. The number of hydrogen-bond acceptors (Lipinski definition) is 9. The minimum atomic E-state index is 0.639. The first kappa shape index (κ1) is 85.6. The lowest BCUT2D eigenvalue weighted by molar-refractivity contribution is 1.07. The Morgan fingerprint density at radius 1 is 0.0822 bits per heavy atom. The van der Waals surface area contributed by atoms with Gasteiger partial charge in [-0.15, -0.1) is 0 Å². The van der Waals surface area contributed by atoms with Gasteiger partial charge in [-0.05, 0) is 221 Å². The highest BCUT2D eigenvalue weighted by Gasteiger charge is 2.23. The lowest BCUT2D eigenvalue weighted by atomic mass is 9.93. The highest BCUT2D eigenvalue weighted by molar-refractivity contribution is 6.27. The number of rotatable bonds is 12. The van der Waals surface area contributed by atoms with Crippen LogP contribution >= 0.6 is 0 Å². The zero-order valence-corrected chi connectivity index (χ0v) is 79.1. The molecular weight excluding hydrogens is 1770 g/mol. The van der Waals surface area contributed by atoms with Crippen molar-refractivity contribution in [3.8, 4) is 136 Å². The van der Waals surface area contributed by atoms with Crippen LogP contribution in [-0.2, 0) is 0 Å². The number of benzene rings is 26. The number of hydrogen-bond donors (Lipinski definition) is 0. The van der Waals surface area contributed by atoms with Crippen molar-refractivity contribution in [2.75, 3.05) is 0 Å². The highest BCUT2D eigenvalue weighted by Crippen LogP contribution is 2.44. The molecule has 678 valence electrons. The van der Waals surface area contributed by atoms with E-state index in [0.29, 0.717) is 52.4 Å². The number of aromatic nitrogens is 9. The largest absolute Gasteiger partial charge is 0.208 e. The third-order valence-electron chi connectivity index (χ3n) is 28.7. The molecule has 0 saturated heterocycles. The van der Waals surface area contributed by atoms with E-state index in [-0.39, 0.29) is 0 Å². The van der Waals surface area contributed by atoms with Crippen LogP contribution in [0.3, 0.4) is 0 Å². The molecule has 0 aliphatic heterocycles. The van der Waals surface area contributed by atoms with Crippen LogP contribution < -0.4 is 0 Å². The zero-order valence-electron chi connectivity index (χ0n) is 79.1. The molecule has 9 nitrogen and oxygen atoms in total. The van der Waals surface area contributed by atoms with Gasteiger partial charge in [0.1, 0.15) is 0 Å². The summed E-state index contributed by atoms with van der Waals surface area (Å²) in [5.74, 6) is 5.84. The van der Waals surface area contributed by atoms with Gasteiger partial charge in [-0.1, -0.05) is 479 Å². The molecule has 0 fully saturated rings. The average Bonchev–Trinajstić information content (AvgIpc) is 0.738. The summed E-state index contributed by atoms with van der Waals surface area (Å²) in [5.41, 5.74) is 15.6. The summed E-state index contributed by atoms with van der Waals surface area (Å²) in [6, 6.07) is 182. The first-order valence-corrected chi connectivity index (χ1v) is 49.4. The van der Waals surface area contributed by atoms with Crippen molar-refractivity contribution >= 4 is 151 Å². The SMILES string of the molecule is c1ccc(-c2ccc(-c3nc(-c4ccc(-c5cccc6ccccc56)cc4)nc(-c4ccc(-c5cccc6ccccc56)cc4)n3)cc2)cc1.c1ccc2cc(-c3nc(-c4ccc5c(ccc6ccccc65)c4)nc(-c4ccc5c(ccc6ccccc65)c4)n3)ccc2c1.c1ccc2cc(-c3nc(-c4ccc5c6ccccc6c6ccccc6c5c4)nc(-c4ccc5c6ccccc6c6ccccc6c5c4)n3)ccc2c1. The normalized spacial score (nSPS) is 11.6. The molecule has 3 aromatic heterocycles. The van der Waals surface area contributed by atoms with Crippen LogP contribution in [0.4, 0.5) is 0 Å². The van der Waals surface area contributed by atoms with Crippen LogP contribution in [0.1, 0.15) is 0 Å². The molecule has 0 radical (unpaired) electrons. The molecule has 9 heteroatoms. The Balaban J connectivity index is 0.000000109. The number of fused-ring (bicyclic) bond motifs is 22. The topological polar surface area (TPSA) is 116 Å². The van der Waals surface area contributed by atoms with Crippen LogP contribution in [0, 0.1) is 0 Å². The molecule has 0 amide bonds. The second-order valence-electron chi connectivity index (χ2n) is 37.3. The molecule has 29 aromatic rings. The summed E-state index contributed by atoms with van der Waals surface area (Å²) in [4.78, 5) is 45.9. The summed E-state index contributed by atoms with van der Waals surface area (Å²) >= 11 is 0. The molecule has 0 N–H and O–H groups in total. The Morgan fingerprint density at radius 2 is 0.267 bits per heavy atom. The Bertz CT molecular complexity index is 9740. The zero-order chi connectivity index (χ0) is 96.5. The molecule has 0 spiro atoms. The first-order chi connectivity index (χ1) is 72.3. The van der Waals surface area contributed by atoms with E-state index in [4.69, 9.17) is 44.9 Å². The summed E-state index contributed by atoms with van der Waals surface area (Å²) in [6.45, 7) is 0. The van der Waals surface area contributed by atoms with Crippen LogP contribution in [-0.4, -0.2) is 44.9 Å². The van der Waals surface area contributed by atoms with E-state index in [1.165, 1.54) is 146 Å². The van der Waals surface area contributed by atoms with Crippen molar-refractivity contribution in [1.29, 1.82) is 0 Å². The predicted octanol–water partition coefficient (Wildman–Crippen LogP) is 35.8. The molecule has 0 aliphatic rings. The van der Waals surface area contributed by atoms with Gasteiger partial charge >= 0.3 is 0 Å². The monoisotopic (exact) mass is 1860 g/mol. The molecule has 3 heterocycles. The fraction of sp³-hybridized carbons (Fsp3) is 0. The summed E-state index contributed by atoms with van der Waals surface area (Å²) in [7, 11) is 0. The van der Waals surface area contributed by atoms with Gasteiger partial charge in [0.2, 0.25) is 0 Å². The first-order valence-electron chi connectivity index (χ1n) is 49.4. The van der Waals surface area contributed by atoms with Gasteiger partial charge in [0, 0.05) is 50.1 Å². The van der Waals surface area contributed by atoms with E-state index in [0.717, 1.165) is 88.3 Å². The Hall–Kier alpha value is -19.6. The van der Waals surface area contributed by atoms with E-state index in [9.17, 15) is 0 Å². The third-order valence-corrected chi connectivity index (χ3v) is 28.7. The fourth-order valence-corrected chi connectivity index (χ4v) is 21.3. The van der Waals surface area contributed by atoms with Gasteiger partial charge in [0.15, 0.2) is 52.4 Å². The predicted molar refractivity (Wildman–Crippen MR) is 610 cm³/mol. The third kappa shape index (κ3) is 16.0. The second-order valence-corrected chi connectivity index (χ2v) is 37.3. The summed E-state index contributed by atoms with van der Waals surface area (Å²) in [6.07, 6.45) is 0. The molecule has 146 heavy (non-hydrogen) atoms. The van der Waals surface area contributed by atoms with Gasteiger partial charge in [-0.3, -0.25) is 0 Å². The van der Waals surface area contributed by atoms with Crippen LogP contribution in [0.2, 0.25) is 0 Å². The van der Waals surface area contributed by atoms with E-state index < -0.39 is 0 Å². The molecule has 0 bridgehead atoms. The average molecular weight is 1860 g/mol. The van der Waals surface area contributed by atoms with E-state index in [2.05, 4.69) is 510 Å². The van der Waals surface area contributed by atoms with Gasteiger partial charge in [-0.25, -0.2) is 44.9 Å². The molecule has 29 rings (SSSR count). The Labute approximate surface area is 841 Å². The molecule has 0 unspecified atom stereocenters. The quantitative estimate of drug-likeness (QED) is 0.110. The fourth-order valence-electron chi connectivity index (χ4n) is 21.3. The van der Waals surface area contributed by atoms with Crippen molar-refractivity contribution < 1.29 is 0 Å². The minimum Gasteiger partial charge on any atom is -0.208 e. The summed E-state index contributed by atoms with van der Waals surface area (Å²) in [5, 5.41) is 34.1. The minimum absolute atomic E-state index is 0.639. The number of nitrogens with zero attached hydrogens (tertiary/aromatic N) is 9. The van der Waals surface area contributed by atoms with Gasteiger partial charge < -0.3 is 0 Å². The van der Waals surface area contributed by atoms with E-state index in [1.54, 1.807) is 0 Å². The van der Waals surface area contributed by atoms with Gasteiger partial charge in [0.05, 0.1) is 0 Å². The highest BCUT2D eigenvalue weighted by atomic mass is 15.1. The van der Waals surface area contributed by atoms with Crippen molar-refractivity contribution in [2.45, 2.75) is 0 Å². The van der Waals surface area contributed by atoms with E-state index >= 15 is 0 Å². The molecular formula is C137H85N9. The molecule has 0 aliphatic carbocycles. The van der Waals surface area contributed by atoms with Crippen LogP contribution in [0.15, 0.2) is 516 Å². The molecule has 0 saturated carbocycles. The smallest absolute Gasteiger partial charge is 0.164 e. The van der Waals surface area contributed by atoms with Crippen molar-refractivity contribution in [3.05, 3.63) is 516 Å². The van der Waals surface area contributed by atoms with E-state index in [1.807, 2.05) is 6.07 Å². The summed E-state index contributed by atoms with van der Waals surface area (Å²) < 4.78 is 0. The van der Waals surface area contributed by atoms with Gasteiger partial charge in [-0.2, -0.15) is 0 Å². The maximum Gasteiger partial charge on any atom is 0.164 e. The second kappa shape index (κ2) is 36.6. The maximum absolute atomic E-state index is 5.24. The van der Waals surface area contributed by atoms with Crippen molar-refractivity contribution in [1.82, 2.24) is 44.9 Å². The van der Waals surface area contributed by atoms with Crippen molar-refractivity contribution in [3.63, 3.8) is 0 Å². The lowest BCUT2D eigenvalue weighted by Crippen LogP contribution is -2.00. The Kier molecular flexibility index (Phi) is 21.4. The van der Waals surface area contributed by atoms with Crippen molar-refractivity contribution in [2.24, 2.45) is 0 Å². The van der Waals surface area contributed by atoms with Crippen LogP contribution in [0.25, 0.3) is 287 Å². The maximum atomic E-state index is 5.24. The molecule has 26 aromatic carbocycles. The standard InChI is InChI=1S/C49H29N3.C47H31N3.C41H25N3/c1-2-12-31-27-32(22-21-30(31)11-1)47-50-48(33-23-25-43-39-17-5-3-13-35(39)37-15-7-9-19-41(37)45(43)28-33)52-49(51-47)34-24-26-44-40-18-6-4-14-36(40)38-16-8-10-20-42(38)46(44)29-34;1-2-10-32(11-3-1)33-20-26-38(27-21-33)45-48-46(39-28-22-36(23-29-39)43-18-8-14-34-12-4-6-16-41(34)43)50-47(49-45)40-30-24-37(25-31-40)44-19-9-15-35-13-5-7-17-42(35)44;1-2-10-29-23-32(18-13-26(29)7-1)39-42-40(33-19-21-37-30(24-33)16-14-27-8-3-5-11-35(27)37)44-41(43-39)34-20-22-38-31(25-34)17-15-28-9-4-6-12-36(28)38/h1-29H;1-31H;1-25H.